The fourth-order valence-electron chi connectivity index (χ4n) is 2.30. The van der Waals surface area contributed by atoms with Gasteiger partial charge in [-0.2, -0.15) is 0 Å². The van der Waals surface area contributed by atoms with E-state index in [2.05, 4.69) is 21.2 Å². The van der Waals surface area contributed by atoms with E-state index in [9.17, 15) is 18.4 Å². The van der Waals surface area contributed by atoms with Gasteiger partial charge in [-0.05, 0) is 34.8 Å². The molecule has 0 radical (unpaired) electrons. The highest BCUT2D eigenvalue weighted by Crippen LogP contribution is 2.33. The predicted octanol–water partition coefficient (Wildman–Crippen LogP) is 2.43. The Kier molecular flexibility index (Phi) is 3.24. The van der Waals surface area contributed by atoms with Gasteiger partial charge in [0.1, 0.15) is 17.7 Å². The lowest BCUT2D eigenvalue weighted by Crippen LogP contribution is -2.36. The number of halogens is 3. The molecule has 0 bridgehead atoms. The van der Waals surface area contributed by atoms with E-state index in [1.54, 1.807) is 0 Å². The lowest BCUT2D eigenvalue weighted by Gasteiger charge is -2.15. The first kappa shape index (κ1) is 13.5. The number of hydrogen-bond donors (Lipinski definition) is 1. The molecular weight excluding hydrogens is 334 g/mol. The third-order valence-electron chi connectivity index (χ3n) is 3.43. The van der Waals surface area contributed by atoms with E-state index in [1.165, 1.54) is 11.0 Å². The van der Waals surface area contributed by atoms with Crippen molar-refractivity contribution < 1.29 is 18.4 Å². The second-order valence-electron chi connectivity index (χ2n) is 4.98. The summed E-state index contributed by atoms with van der Waals surface area (Å²) in [7, 11) is 0. The van der Waals surface area contributed by atoms with Crippen LogP contribution in [0, 0.1) is 11.6 Å². The molecule has 2 aliphatic rings. The summed E-state index contributed by atoms with van der Waals surface area (Å²) >= 11 is 2.96. The maximum absolute atomic E-state index is 13.6. The summed E-state index contributed by atoms with van der Waals surface area (Å²) in [6.07, 6.45) is 1.67. The third-order valence-corrected chi connectivity index (χ3v) is 4.04. The summed E-state index contributed by atoms with van der Waals surface area (Å²) in [5.74, 6) is -2.09. The Bertz CT molecular complexity index is 604. The first-order valence-electron chi connectivity index (χ1n) is 6.24. The number of carbonyl (C=O) groups excluding carboxylic acids is 2. The van der Waals surface area contributed by atoms with Crippen molar-refractivity contribution in [3.8, 4) is 0 Å². The number of hydrogen-bond acceptors (Lipinski definition) is 3. The van der Waals surface area contributed by atoms with Gasteiger partial charge in [0.15, 0.2) is 0 Å². The minimum atomic E-state index is -0.796. The molecule has 1 aromatic carbocycles. The largest absolute Gasteiger partial charge is 0.371 e. The van der Waals surface area contributed by atoms with Crippen molar-refractivity contribution in [2.75, 3.05) is 5.32 Å². The van der Waals surface area contributed by atoms with Crippen LogP contribution in [0.4, 0.5) is 14.5 Å². The summed E-state index contributed by atoms with van der Waals surface area (Å²) in [5.41, 5.74) is 0.00192. The molecule has 1 N–H and O–H groups in total. The molecule has 20 heavy (non-hydrogen) atoms. The van der Waals surface area contributed by atoms with Gasteiger partial charge in [-0.3, -0.25) is 14.5 Å². The summed E-state index contributed by atoms with van der Waals surface area (Å²) in [4.78, 5) is 25.1. The van der Waals surface area contributed by atoms with E-state index in [0.717, 1.165) is 18.9 Å². The first-order chi connectivity index (χ1) is 9.47. The Hall–Kier alpha value is -1.50. The van der Waals surface area contributed by atoms with Gasteiger partial charge in [0.25, 0.3) is 5.91 Å². The van der Waals surface area contributed by atoms with Crippen molar-refractivity contribution >= 4 is 33.4 Å². The maximum Gasteiger partial charge on any atom is 0.252 e. The van der Waals surface area contributed by atoms with Crippen LogP contribution in [0.3, 0.4) is 0 Å². The summed E-state index contributed by atoms with van der Waals surface area (Å²) < 4.78 is 26.9. The van der Waals surface area contributed by atoms with Crippen molar-refractivity contribution in [2.45, 2.75) is 31.3 Å². The number of likely N-dealkylation sites (tertiary alicyclic amines) is 1. The van der Waals surface area contributed by atoms with Gasteiger partial charge < -0.3 is 5.32 Å². The molecule has 0 spiro atoms. The zero-order chi connectivity index (χ0) is 14.4. The third kappa shape index (κ3) is 2.30. The zero-order valence-corrected chi connectivity index (χ0v) is 11.9. The molecule has 2 fully saturated rings. The van der Waals surface area contributed by atoms with Crippen LogP contribution in [0.1, 0.15) is 19.3 Å². The van der Waals surface area contributed by atoms with Crippen molar-refractivity contribution in [3.63, 3.8) is 0 Å². The summed E-state index contributed by atoms with van der Waals surface area (Å²) in [6.45, 7) is 0. The SMILES string of the molecule is O=C1CC(Nc2cc(Br)c(F)cc2F)C(=O)N1C1CC1. The van der Waals surface area contributed by atoms with Crippen molar-refractivity contribution in [1.82, 2.24) is 4.90 Å². The van der Waals surface area contributed by atoms with E-state index in [-0.39, 0.29) is 34.4 Å². The molecule has 1 heterocycles. The van der Waals surface area contributed by atoms with Gasteiger partial charge in [-0.25, -0.2) is 8.78 Å². The van der Waals surface area contributed by atoms with Gasteiger partial charge in [0.2, 0.25) is 5.91 Å². The molecule has 0 aromatic heterocycles. The van der Waals surface area contributed by atoms with Crippen LogP contribution >= 0.6 is 15.9 Å². The predicted molar refractivity (Wildman–Crippen MR) is 71.0 cm³/mol. The minimum Gasteiger partial charge on any atom is -0.371 e. The van der Waals surface area contributed by atoms with Gasteiger partial charge in [-0.1, -0.05) is 0 Å². The van der Waals surface area contributed by atoms with Crippen molar-refractivity contribution in [3.05, 3.63) is 28.2 Å². The molecule has 1 unspecified atom stereocenters. The fourth-order valence-corrected chi connectivity index (χ4v) is 2.64. The smallest absolute Gasteiger partial charge is 0.252 e. The number of anilines is 1. The molecule has 1 aromatic rings. The highest BCUT2D eigenvalue weighted by atomic mass is 79.9. The quantitative estimate of drug-likeness (QED) is 0.676. The topological polar surface area (TPSA) is 49.4 Å². The Labute approximate surface area is 122 Å². The molecule has 1 saturated heterocycles. The van der Waals surface area contributed by atoms with E-state index < -0.39 is 17.7 Å². The molecule has 7 heteroatoms. The van der Waals surface area contributed by atoms with Crippen LogP contribution < -0.4 is 5.32 Å². The van der Waals surface area contributed by atoms with E-state index in [1.807, 2.05) is 0 Å². The minimum absolute atomic E-state index is 0.00192. The van der Waals surface area contributed by atoms with Gasteiger partial charge >= 0.3 is 0 Å². The second-order valence-corrected chi connectivity index (χ2v) is 5.83. The lowest BCUT2D eigenvalue weighted by atomic mass is 10.2. The van der Waals surface area contributed by atoms with Crippen molar-refractivity contribution in [2.24, 2.45) is 0 Å². The van der Waals surface area contributed by atoms with Crippen LogP contribution in [0.2, 0.25) is 0 Å². The molecule has 106 valence electrons. The number of rotatable bonds is 3. The van der Waals surface area contributed by atoms with Gasteiger partial charge in [-0.15, -0.1) is 0 Å². The Balaban J connectivity index is 1.80. The normalized spacial score (nSPS) is 22.6. The zero-order valence-electron chi connectivity index (χ0n) is 10.3. The molecule has 1 aliphatic carbocycles. The highest BCUT2D eigenvalue weighted by Gasteiger charge is 2.46. The maximum atomic E-state index is 13.6. The number of nitrogens with zero attached hydrogens (tertiary/aromatic N) is 1. The van der Waals surface area contributed by atoms with E-state index in [4.69, 9.17) is 0 Å². The molecule has 1 saturated carbocycles. The Morgan fingerprint density at radius 2 is 1.90 bits per heavy atom. The number of imide groups is 1. The Morgan fingerprint density at radius 3 is 2.55 bits per heavy atom. The standard InChI is InChI=1S/C13H11BrF2N2O2/c14-7-3-10(9(16)4-8(7)15)17-11-5-12(19)18(13(11)20)6-1-2-6/h3-4,6,11,17H,1-2,5H2. The number of amides is 2. The average Bonchev–Trinajstić information content (AvgIpc) is 3.15. The molecule has 2 amide bonds. The Morgan fingerprint density at radius 1 is 1.20 bits per heavy atom. The van der Waals surface area contributed by atoms with Crippen LogP contribution in [-0.4, -0.2) is 28.8 Å². The van der Waals surface area contributed by atoms with E-state index in [0.29, 0.717) is 0 Å². The number of benzene rings is 1. The fraction of sp³-hybridized carbons (Fsp3) is 0.385. The summed E-state index contributed by atoms with van der Waals surface area (Å²) in [6, 6.07) is 1.18. The number of carbonyl (C=O) groups is 2. The number of nitrogens with one attached hydrogen (secondary N) is 1. The summed E-state index contributed by atoms with van der Waals surface area (Å²) in [5, 5.41) is 2.69. The van der Waals surface area contributed by atoms with Gasteiger partial charge in [0.05, 0.1) is 16.6 Å². The molecule has 3 rings (SSSR count). The van der Waals surface area contributed by atoms with Gasteiger partial charge in [0, 0.05) is 12.1 Å². The molecule has 4 nitrogen and oxygen atoms in total. The molecule has 1 atom stereocenters. The second kappa shape index (κ2) is 4.80. The highest BCUT2D eigenvalue weighted by molar-refractivity contribution is 9.10. The van der Waals surface area contributed by atoms with Crippen molar-refractivity contribution in [1.29, 1.82) is 0 Å². The monoisotopic (exact) mass is 344 g/mol. The average molecular weight is 345 g/mol. The van der Waals surface area contributed by atoms with Crippen LogP contribution in [0.15, 0.2) is 16.6 Å². The lowest BCUT2D eigenvalue weighted by molar-refractivity contribution is -0.139. The van der Waals surface area contributed by atoms with Crippen LogP contribution in [-0.2, 0) is 9.59 Å². The van der Waals surface area contributed by atoms with Crippen LogP contribution in [0.25, 0.3) is 0 Å². The first-order valence-corrected chi connectivity index (χ1v) is 7.03. The molecular formula is C13H11BrF2N2O2. The van der Waals surface area contributed by atoms with E-state index >= 15 is 0 Å². The molecule has 1 aliphatic heterocycles. The van der Waals surface area contributed by atoms with Crippen LogP contribution in [0.5, 0.6) is 0 Å².